The van der Waals surface area contributed by atoms with Crippen molar-refractivity contribution in [2.45, 2.75) is 6.04 Å². The van der Waals surface area contributed by atoms with Gasteiger partial charge in [-0.3, -0.25) is 13.9 Å². The van der Waals surface area contributed by atoms with Gasteiger partial charge >= 0.3 is 11.7 Å². The molecule has 0 aliphatic heterocycles. The zero-order chi connectivity index (χ0) is 11.0. The zero-order valence-electron chi connectivity index (χ0n) is 7.69. The number of aliphatic carboxylic acids is 1. The number of carboxylic acids is 1. The molecule has 0 bridgehead atoms. The Kier molecular flexibility index (Phi) is 2.81. The monoisotopic (exact) mass is 263 g/mol. The van der Waals surface area contributed by atoms with Crippen LogP contribution in [0.25, 0.3) is 0 Å². The summed E-state index contributed by atoms with van der Waals surface area (Å²) in [5.74, 6) is -1.17. The van der Waals surface area contributed by atoms with Crippen LogP contribution in [0.15, 0.2) is 9.40 Å². The summed E-state index contributed by atoms with van der Waals surface area (Å²) >= 11 is 3.12. The van der Waals surface area contributed by atoms with E-state index in [0.29, 0.717) is 4.60 Å². The number of hydrogen-bond acceptors (Lipinski definition) is 3. The lowest BCUT2D eigenvalue weighted by molar-refractivity contribution is -0.138. The van der Waals surface area contributed by atoms with Crippen molar-refractivity contribution < 1.29 is 9.90 Å². The van der Waals surface area contributed by atoms with E-state index in [1.165, 1.54) is 23.2 Å². The number of nitrogens with two attached hydrogens (primary N) is 1. The number of rotatable bonds is 2. The first-order valence-electron chi connectivity index (χ1n) is 3.77. The standard InChI is InChI=1S/C7H10BrN3O3/c1-10-4(3(9)6(12)13)5(8)11(2)7(10)14/h3H,9H2,1-2H3,(H,12,13). The van der Waals surface area contributed by atoms with Crippen molar-refractivity contribution in [1.29, 1.82) is 0 Å². The van der Waals surface area contributed by atoms with Gasteiger partial charge in [-0.1, -0.05) is 0 Å². The van der Waals surface area contributed by atoms with Crippen molar-refractivity contribution in [3.05, 3.63) is 20.8 Å². The van der Waals surface area contributed by atoms with Crippen molar-refractivity contribution in [2.24, 2.45) is 19.8 Å². The summed E-state index contributed by atoms with van der Waals surface area (Å²) in [5, 5.41) is 8.71. The third-order valence-electron chi connectivity index (χ3n) is 2.00. The maximum absolute atomic E-state index is 11.4. The molecule has 0 saturated heterocycles. The first kappa shape index (κ1) is 11.0. The summed E-state index contributed by atoms with van der Waals surface area (Å²) in [6, 6.07) is -1.21. The van der Waals surface area contributed by atoms with Gasteiger partial charge in [0, 0.05) is 14.1 Å². The molecule has 0 saturated carbocycles. The van der Waals surface area contributed by atoms with Crippen LogP contribution in [0.4, 0.5) is 0 Å². The summed E-state index contributed by atoms with van der Waals surface area (Å²) in [6.45, 7) is 0. The fraction of sp³-hybridized carbons (Fsp3) is 0.429. The summed E-state index contributed by atoms with van der Waals surface area (Å²) in [4.78, 5) is 22.0. The lowest BCUT2D eigenvalue weighted by Gasteiger charge is -2.06. The smallest absolute Gasteiger partial charge is 0.328 e. The molecule has 0 aliphatic rings. The molecule has 1 unspecified atom stereocenters. The van der Waals surface area contributed by atoms with E-state index in [2.05, 4.69) is 15.9 Å². The molecule has 14 heavy (non-hydrogen) atoms. The van der Waals surface area contributed by atoms with Crippen LogP contribution in [0.5, 0.6) is 0 Å². The molecule has 6 nitrogen and oxygen atoms in total. The molecule has 0 spiro atoms. The van der Waals surface area contributed by atoms with Gasteiger partial charge in [0.2, 0.25) is 0 Å². The number of aromatic nitrogens is 2. The number of hydrogen-bond donors (Lipinski definition) is 2. The number of imidazole rings is 1. The van der Waals surface area contributed by atoms with Gasteiger partial charge in [-0.05, 0) is 15.9 Å². The Labute approximate surface area is 88.1 Å². The van der Waals surface area contributed by atoms with E-state index in [1.807, 2.05) is 0 Å². The Balaban J connectivity index is 3.42. The maximum Gasteiger partial charge on any atom is 0.328 e. The Morgan fingerprint density at radius 3 is 2.29 bits per heavy atom. The summed E-state index contributed by atoms with van der Waals surface area (Å²) in [5.41, 5.74) is 5.36. The first-order valence-corrected chi connectivity index (χ1v) is 4.56. The fourth-order valence-corrected chi connectivity index (χ4v) is 1.84. The van der Waals surface area contributed by atoms with E-state index in [9.17, 15) is 9.59 Å². The predicted octanol–water partition coefficient (Wildman–Crippen LogP) is -0.429. The maximum atomic E-state index is 11.4. The lowest BCUT2D eigenvalue weighted by Crippen LogP contribution is -2.26. The van der Waals surface area contributed by atoms with Gasteiger partial charge in [0.1, 0.15) is 10.6 Å². The predicted molar refractivity (Wildman–Crippen MR) is 52.9 cm³/mol. The fourth-order valence-electron chi connectivity index (χ4n) is 1.18. The Hall–Kier alpha value is -1.08. The molecule has 1 atom stereocenters. The van der Waals surface area contributed by atoms with E-state index >= 15 is 0 Å². The van der Waals surface area contributed by atoms with Gasteiger partial charge in [-0.25, -0.2) is 4.79 Å². The van der Waals surface area contributed by atoms with E-state index in [-0.39, 0.29) is 11.4 Å². The van der Waals surface area contributed by atoms with Crippen LogP contribution in [0, 0.1) is 0 Å². The van der Waals surface area contributed by atoms with Crippen molar-refractivity contribution in [2.75, 3.05) is 0 Å². The molecule has 1 aromatic rings. The average Bonchev–Trinajstić information content (AvgIpc) is 2.30. The van der Waals surface area contributed by atoms with Crippen LogP contribution >= 0.6 is 15.9 Å². The molecule has 0 radical (unpaired) electrons. The molecule has 7 heteroatoms. The molecule has 0 amide bonds. The second-order valence-corrected chi connectivity index (χ2v) is 3.64. The third-order valence-corrected chi connectivity index (χ3v) is 2.94. The van der Waals surface area contributed by atoms with Crippen molar-refractivity contribution in [1.82, 2.24) is 9.13 Å². The summed E-state index contributed by atoms with van der Waals surface area (Å²) in [6.07, 6.45) is 0. The zero-order valence-corrected chi connectivity index (χ0v) is 9.28. The number of carboxylic acid groups (broad SMARTS) is 1. The van der Waals surface area contributed by atoms with E-state index in [1.54, 1.807) is 0 Å². The van der Waals surface area contributed by atoms with Gasteiger partial charge in [0.25, 0.3) is 0 Å². The minimum Gasteiger partial charge on any atom is -0.480 e. The van der Waals surface area contributed by atoms with Gasteiger partial charge in [0.15, 0.2) is 0 Å². The summed E-state index contributed by atoms with van der Waals surface area (Å²) < 4.78 is 2.89. The molecule has 3 N–H and O–H groups in total. The van der Waals surface area contributed by atoms with Crippen LogP contribution in [0.1, 0.15) is 11.7 Å². The van der Waals surface area contributed by atoms with Gasteiger partial charge in [-0.2, -0.15) is 0 Å². The quantitative estimate of drug-likeness (QED) is 0.758. The van der Waals surface area contributed by atoms with Crippen LogP contribution in [-0.2, 0) is 18.9 Å². The molecular formula is C7H10BrN3O3. The number of halogens is 1. The first-order chi connectivity index (χ1) is 6.37. The number of nitrogens with zero attached hydrogens (tertiary/aromatic N) is 2. The highest BCUT2D eigenvalue weighted by atomic mass is 79.9. The van der Waals surface area contributed by atoms with Gasteiger partial charge < -0.3 is 10.8 Å². The van der Waals surface area contributed by atoms with E-state index in [0.717, 1.165) is 0 Å². The van der Waals surface area contributed by atoms with Crippen LogP contribution in [0.2, 0.25) is 0 Å². The highest BCUT2D eigenvalue weighted by Crippen LogP contribution is 2.19. The highest BCUT2D eigenvalue weighted by molar-refractivity contribution is 9.10. The van der Waals surface area contributed by atoms with Crippen molar-refractivity contribution >= 4 is 21.9 Å². The lowest BCUT2D eigenvalue weighted by atomic mass is 10.2. The molecule has 1 rings (SSSR count). The molecular weight excluding hydrogens is 254 g/mol. The normalized spacial score (nSPS) is 12.9. The minimum absolute atomic E-state index is 0.255. The largest absolute Gasteiger partial charge is 0.480 e. The van der Waals surface area contributed by atoms with Crippen molar-refractivity contribution in [3.63, 3.8) is 0 Å². The van der Waals surface area contributed by atoms with E-state index in [4.69, 9.17) is 10.8 Å². The molecule has 0 aliphatic carbocycles. The molecule has 1 heterocycles. The van der Waals surface area contributed by atoms with Crippen LogP contribution < -0.4 is 11.4 Å². The molecule has 1 aromatic heterocycles. The number of carbonyl (C=O) groups is 1. The molecule has 0 aromatic carbocycles. The second kappa shape index (κ2) is 3.58. The van der Waals surface area contributed by atoms with Gasteiger partial charge in [0.05, 0.1) is 5.69 Å². The molecule has 0 fully saturated rings. The Morgan fingerprint density at radius 1 is 1.50 bits per heavy atom. The van der Waals surface area contributed by atoms with Crippen LogP contribution in [-0.4, -0.2) is 20.2 Å². The Bertz CT molecular complexity index is 434. The van der Waals surface area contributed by atoms with Crippen molar-refractivity contribution in [3.8, 4) is 0 Å². The topological polar surface area (TPSA) is 90.2 Å². The highest BCUT2D eigenvalue weighted by Gasteiger charge is 2.24. The second-order valence-electron chi connectivity index (χ2n) is 2.89. The SMILES string of the molecule is Cn1c(Br)c(C(N)C(=O)O)n(C)c1=O. The Morgan fingerprint density at radius 2 is 2.00 bits per heavy atom. The molecule has 78 valence electrons. The van der Waals surface area contributed by atoms with E-state index < -0.39 is 12.0 Å². The van der Waals surface area contributed by atoms with Gasteiger partial charge in [-0.15, -0.1) is 0 Å². The third kappa shape index (κ3) is 1.48. The average molecular weight is 264 g/mol. The summed E-state index contributed by atoms with van der Waals surface area (Å²) in [7, 11) is 3.01. The minimum atomic E-state index is -1.21. The van der Waals surface area contributed by atoms with Crippen LogP contribution in [0.3, 0.4) is 0 Å².